The lowest BCUT2D eigenvalue weighted by atomic mass is 9.87. The lowest BCUT2D eigenvalue weighted by Crippen LogP contribution is -2.10. The molecule has 0 radical (unpaired) electrons. The van der Waals surface area contributed by atoms with Crippen molar-refractivity contribution in [3.05, 3.63) is 52.0 Å². The second-order valence-electron chi connectivity index (χ2n) is 6.39. The summed E-state index contributed by atoms with van der Waals surface area (Å²) in [5.41, 5.74) is 5.03. The molecule has 0 N–H and O–H groups in total. The Morgan fingerprint density at radius 2 is 1.81 bits per heavy atom. The van der Waals surface area contributed by atoms with Crippen molar-refractivity contribution >= 4 is 37.5 Å². The molecule has 108 valence electrons. The standard InChI is InChI=1S/C18H18BrNS/c1-11-7-5-6-8-13(11)17-20-16-14(19)9-12(18(2,3)4)10-15(16)21-17/h5-10H,1-4H3. The van der Waals surface area contributed by atoms with E-state index in [1.807, 2.05) is 0 Å². The number of benzene rings is 2. The Balaban J connectivity index is 2.21. The first-order chi connectivity index (χ1) is 9.86. The van der Waals surface area contributed by atoms with E-state index < -0.39 is 0 Å². The highest BCUT2D eigenvalue weighted by Gasteiger charge is 2.18. The van der Waals surface area contributed by atoms with Crippen molar-refractivity contribution in [2.24, 2.45) is 0 Å². The Kier molecular flexibility index (Phi) is 3.66. The van der Waals surface area contributed by atoms with Gasteiger partial charge in [0.25, 0.3) is 0 Å². The highest BCUT2D eigenvalue weighted by molar-refractivity contribution is 9.10. The molecule has 3 rings (SSSR count). The van der Waals surface area contributed by atoms with Gasteiger partial charge in [-0.2, -0.15) is 0 Å². The van der Waals surface area contributed by atoms with Crippen LogP contribution in [0.5, 0.6) is 0 Å². The van der Waals surface area contributed by atoms with Crippen molar-refractivity contribution in [3.8, 4) is 10.6 Å². The van der Waals surface area contributed by atoms with Crippen LogP contribution in [0.2, 0.25) is 0 Å². The third-order valence-corrected chi connectivity index (χ3v) is 5.33. The van der Waals surface area contributed by atoms with Crippen LogP contribution in [0, 0.1) is 6.92 Å². The van der Waals surface area contributed by atoms with Crippen LogP contribution in [-0.2, 0) is 5.41 Å². The van der Waals surface area contributed by atoms with Gasteiger partial charge in [-0.1, -0.05) is 45.0 Å². The first-order valence-corrected chi connectivity index (χ1v) is 8.64. The van der Waals surface area contributed by atoms with Crippen LogP contribution in [0.25, 0.3) is 20.8 Å². The number of fused-ring (bicyclic) bond motifs is 1. The molecule has 0 unspecified atom stereocenters. The van der Waals surface area contributed by atoms with Gasteiger partial charge in [0.15, 0.2) is 0 Å². The van der Waals surface area contributed by atoms with Gasteiger partial charge in [0.2, 0.25) is 0 Å². The first kappa shape index (κ1) is 14.7. The molecule has 0 fully saturated rings. The van der Waals surface area contributed by atoms with Crippen LogP contribution in [0.1, 0.15) is 31.9 Å². The van der Waals surface area contributed by atoms with Gasteiger partial charge in [-0.3, -0.25) is 0 Å². The van der Waals surface area contributed by atoms with E-state index in [2.05, 4.69) is 80.0 Å². The van der Waals surface area contributed by atoms with Gasteiger partial charge >= 0.3 is 0 Å². The summed E-state index contributed by atoms with van der Waals surface area (Å²) in [6.07, 6.45) is 0. The molecule has 1 nitrogen and oxygen atoms in total. The number of aryl methyl sites for hydroxylation is 1. The highest BCUT2D eigenvalue weighted by atomic mass is 79.9. The number of aromatic nitrogens is 1. The molecule has 0 aliphatic heterocycles. The molecule has 0 aliphatic rings. The van der Waals surface area contributed by atoms with Crippen LogP contribution < -0.4 is 0 Å². The number of nitrogens with zero attached hydrogens (tertiary/aromatic N) is 1. The average molecular weight is 360 g/mol. The summed E-state index contributed by atoms with van der Waals surface area (Å²) < 4.78 is 2.33. The van der Waals surface area contributed by atoms with E-state index in [9.17, 15) is 0 Å². The summed E-state index contributed by atoms with van der Waals surface area (Å²) in [6.45, 7) is 8.86. The number of rotatable bonds is 1. The quantitative estimate of drug-likeness (QED) is 0.494. The molecule has 0 bridgehead atoms. The molecule has 1 aromatic heterocycles. The average Bonchev–Trinajstić information content (AvgIpc) is 2.82. The molecule has 1 heterocycles. The maximum absolute atomic E-state index is 4.84. The van der Waals surface area contributed by atoms with E-state index in [0.717, 1.165) is 15.0 Å². The zero-order valence-corrected chi connectivity index (χ0v) is 15.1. The van der Waals surface area contributed by atoms with E-state index in [0.29, 0.717) is 0 Å². The minimum absolute atomic E-state index is 0.142. The summed E-state index contributed by atoms with van der Waals surface area (Å²) in [5, 5.41) is 1.09. The minimum Gasteiger partial charge on any atom is -0.235 e. The second kappa shape index (κ2) is 5.22. The number of hydrogen-bond donors (Lipinski definition) is 0. The van der Waals surface area contributed by atoms with Gasteiger partial charge in [-0.15, -0.1) is 11.3 Å². The Hall–Kier alpha value is -1.19. The minimum atomic E-state index is 0.142. The zero-order chi connectivity index (χ0) is 15.2. The fourth-order valence-electron chi connectivity index (χ4n) is 2.35. The molecule has 0 saturated heterocycles. The van der Waals surface area contributed by atoms with Crippen LogP contribution in [-0.4, -0.2) is 4.98 Å². The van der Waals surface area contributed by atoms with Crippen LogP contribution >= 0.6 is 27.3 Å². The monoisotopic (exact) mass is 359 g/mol. The van der Waals surface area contributed by atoms with Crippen LogP contribution in [0.3, 0.4) is 0 Å². The largest absolute Gasteiger partial charge is 0.235 e. The lowest BCUT2D eigenvalue weighted by molar-refractivity contribution is 0.591. The van der Waals surface area contributed by atoms with E-state index in [1.54, 1.807) is 11.3 Å². The Morgan fingerprint density at radius 1 is 1.10 bits per heavy atom. The van der Waals surface area contributed by atoms with Crippen molar-refractivity contribution in [2.45, 2.75) is 33.1 Å². The fourth-order valence-corrected chi connectivity index (χ4v) is 4.15. The second-order valence-corrected chi connectivity index (χ2v) is 8.27. The Bertz CT molecular complexity index is 812. The molecule has 0 atom stereocenters. The van der Waals surface area contributed by atoms with Crippen molar-refractivity contribution in [1.29, 1.82) is 0 Å². The van der Waals surface area contributed by atoms with Crippen molar-refractivity contribution in [3.63, 3.8) is 0 Å². The molecule has 3 heteroatoms. The predicted molar refractivity (Wildman–Crippen MR) is 96.2 cm³/mol. The summed E-state index contributed by atoms with van der Waals surface area (Å²) in [4.78, 5) is 4.84. The molecule has 0 saturated carbocycles. The first-order valence-electron chi connectivity index (χ1n) is 7.03. The third kappa shape index (κ3) is 2.77. The molecule has 0 aliphatic carbocycles. The molecule has 3 aromatic rings. The van der Waals surface area contributed by atoms with E-state index in [-0.39, 0.29) is 5.41 Å². The molecule has 0 spiro atoms. The SMILES string of the molecule is Cc1ccccc1-c1nc2c(Br)cc(C(C)(C)C)cc2s1. The number of thiazole rings is 1. The molecule has 0 amide bonds. The molecular weight excluding hydrogens is 342 g/mol. The number of halogens is 1. The van der Waals surface area contributed by atoms with Gasteiger partial charge in [-0.25, -0.2) is 4.98 Å². The normalized spacial score (nSPS) is 12.0. The predicted octanol–water partition coefficient (Wildman–Crippen LogP) is 6.33. The molecule has 21 heavy (non-hydrogen) atoms. The highest BCUT2D eigenvalue weighted by Crippen LogP contribution is 2.38. The van der Waals surface area contributed by atoms with Gasteiger partial charge < -0.3 is 0 Å². The van der Waals surface area contributed by atoms with Crippen molar-refractivity contribution in [2.75, 3.05) is 0 Å². The summed E-state index contributed by atoms with van der Waals surface area (Å²) in [7, 11) is 0. The van der Waals surface area contributed by atoms with Crippen LogP contribution in [0.15, 0.2) is 40.9 Å². The summed E-state index contributed by atoms with van der Waals surface area (Å²) in [6, 6.07) is 12.9. The van der Waals surface area contributed by atoms with Gasteiger partial charge in [-0.05, 0) is 51.5 Å². The van der Waals surface area contributed by atoms with Gasteiger partial charge in [0.05, 0.1) is 10.2 Å². The Morgan fingerprint density at radius 3 is 2.48 bits per heavy atom. The topological polar surface area (TPSA) is 12.9 Å². The zero-order valence-electron chi connectivity index (χ0n) is 12.7. The van der Waals surface area contributed by atoms with Gasteiger partial charge in [0, 0.05) is 10.0 Å². The van der Waals surface area contributed by atoms with E-state index >= 15 is 0 Å². The molecule has 2 aromatic carbocycles. The van der Waals surface area contributed by atoms with E-state index in [4.69, 9.17) is 4.98 Å². The summed E-state index contributed by atoms with van der Waals surface area (Å²) >= 11 is 5.46. The van der Waals surface area contributed by atoms with Crippen LogP contribution in [0.4, 0.5) is 0 Å². The van der Waals surface area contributed by atoms with E-state index in [1.165, 1.54) is 21.4 Å². The maximum Gasteiger partial charge on any atom is 0.124 e. The summed E-state index contributed by atoms with van der Waals surface area (Å²) in [5.74, 6) is 0. The van der Waals surface area contributed by atoms with Crippen molar-refractivity contribution in [1.82, 2.24) is 4.98 Å². The fraction of sp³-hybridized carbons (Fsp3) is 0.278. The smallest absolute Gasteiger partial charge is 0.124 e. The number of hydrogen-bond acceptors (Lipinski definition) is 2. The van der Waals surface area contributed by atoms with Crippen molar-refractivity contribution < 1.29 is 0 Å². The van der Waals surface area contributed by atoms with Gasteiger partial charge in [0.1, 0.15) is 5.01 Å². The maximum atomic E-state index is 4.84. The molecular formula is C18H18BrNS. The third-order valence-electron chi connectivity index (χ3n) is 3.69. The lowest BCUT2D eigenvalue weighted by Gasteiger charge is -2.19. The Labute approximate surface area is 138 Å².